The van der Waals surface area contributed by atoms with Crippen molar-refractivity contribution in [1.82, 2.24) is 0 Å². The lowest BCUT2D eigenvalue weighted by molar-refractivity contribution is 0.220. The van der Waals surface area contributed by atoms with E-state index in [1.54, 1.807) is 18.2 Å². The zero-order valence-corrected chi connectivity index (χ0v) is 13.3. The minimum atomic E-state index is -0.768. The number of aliphatic hydroxyl groups is 1. The molecular formula is C17H18Cl2O. The Morgan fingerprint density at radius 2 is 1.55 bits per heavy atom. The molecule has 1 unspecified atom stereocenters. The number of hydrogen-bond acceptors (Lipinski definition) is 1. The lowest BCUT2D eigenvalue weighted by Gasteiger charge is -2.20. The highest BCUT2D eigenvalue weighted by atomic mass is 35.5. The van der Waals surface area contributed by atoms with Crippen LogP contribution < -0.4 is 0 Å². The van der Waals surface area contributed by atoms with Crippen molar-refractivity contribution in [1.29, 1.82) is 0 Å². The van der Waals surface area contributed by atoms with Crippen LogP contribution in [-0.2, 0) is 5.41 Å². The van der Waals surface area contributed by atoms with Gasteiger partial charge in [0, 0.05) is 15.6 Å². The molecule has 0 aromatic heterocycles. The van der Waals surface area contributed by atoms with E-state index >= 15 is 0 Å². The lowest BCUT2D eigenvalue weighted by Crippen LogP contribution is -2.11. The molecule has 106 valence electrons. The standard InChI is InChI=1S/C17H18Cl2O/c1-17(2,3)12-6-4-11(5-7-12)16(20)14-10-13(18)8-9-15(14)19/h4-10,16,20H,1-3H3. The summed E-state index contributed by atoms with van der Waals surface area (Å²) in [6.45, 7) is 6.48. The van der Waals surface area contributed by atoms with Gasteiger partial charge in [-0.25, -0.2) is 0 Å². The van der Waals surface area contributed by atoms with Crippen molar-refractivity contribution in [3.05, 3.63) is 69.2 Å². The smallest absolute Gasteiger partial charge is 0.106 e. The lowest BCUT2D eigenvalue weighted by atomic mass is 9.86. The van der Waals surface area contributed by atoms with E-state index in [-0.39, 0.29) is 5.41 Å². The van der Waals surface area contributed by atoms with E-state index in [9.17, 15) is 5.11 Å². The Bertz CT molecular complexity index is 597. The maximum Gasteiger partial charge on any atom is 0.106 e. The summed E-state index contributed by atoms with van der Waals surface area (Å²) in [4.78, 5) is 0. The van der Waals surface area contributed by atoms with Crippen LogP contribution in [0.3, 0.4) is 0 Å². The second kappa shape index (κ2) is 5.77. The molecule has 0 aliphatic rings. The average Bonchev–Trinajstić information content (AvgIpc) is 2.40. The zero-order chi connectivity index (χ0) is 14.9. The Labute approximate surface area is 130 Å². The van der Waals surface area contributed by atoms with Crippen molar-refractivity contribution in [3.63, 3.8) is 0 Å². The molecule has 0 spiro atoms. The third-order valence-electron chi connectivity index (χ3n) is 3.35. The summed E-state index contributed by atoms with van der Waals surface area (Å²) in [7, 11) is 0. The van der Waals surface area contributed by atoms with E-state index < -0.39 is 6.10 Å². The number of rotatable bonds is 2. The Morgan fingerprint density at radius 1 is 0.950 bits per heavy atom. The molecule has 0 fully saturated rings. The summed E-state index contributed by atoms with van der Waals surface area (Å²) in [5, 5.41) is 11.5. The highest BCUT2D eigenvalue weighted by Crippen LogP contribution is 2.31. The normalized spacial score (nSPS) is 13.3. The molecule has 1 N–H and O–H groups in total. The first kappa shape index (κ1) is 15.4. The Balaban J connectivity index is 2.34. The number of aliphatic hydroxyl groups excluding tert-OH is 1. The number of halogens is 2. The van der Waals surface area contributed by atoms with Gasteiger partial charge >= 0.3 is 0 Å². The Kier molecular flexibility index (Phi) is 4.43. The number of hydrogen-bond donors (Lipinski definition) is 1. The molecule has 0 heterocycles. The van der Waals surface area contributed by atoms with Crippen molar-refractivity contribution >= 4 is 23.2 Å². The molecule has 2 aromatic rings. The summed E-state index contributed by atoms with van der Waals surface area (Å²) in [5.41, 5.74) is 2.76. The van der Waals surface area contributed by atoms with Crippen LogP contribution in [-0.4, -0.2) is 5.11 Å². The molecule has 20 heavy (non-hydrogen) atoms. The minimum Gasteiger partial charge on any atom is -0.384 e. The van der Waals surface area contributed by atoms with E-state index in [1.165, 1.54) is 5.56 Å². The summed E-state index contributed by atoms with van der Waals surface area (Å²) >= 11 is 12.1. The van der Waals surface area contributed by atoms with E-state index in [0.717, 1.165) is 5.56 Å². The molecule has 3 heteroatoms. The molecule has 1 atom stereocenters. The van der Waals surface area contributed by atoms with Crippen LogP contribution in [0.25, 0.3) is 0 Å². The first-order valence-electron chi connectivity index (χ1n) is 6.52. The van der Waals surface area contributed by atoms with Crippen molar-refractivity contribution in [2.75, 3.05) is 0 Å². The van der Waals surface area contributed by atoms with Gasteiger partial charge in [0.05, 0.1) is 0 Å². The summed E-state index contributed by atoms with van der Waals surface area (Å²) in [5.74, 6) is 0. The molecule has 0 radical (unpaired) electrons. The third kappa shape index (κ3) is 3.35. The van der Waals surface area contributed by atoms with E-state index in [2.05, 4.69) is 20.8 Å². The quantitative estimate of drug-likeness (QED) is 0.790. The first-order chi connectivity index (χ1) is 9.29. The van der Waals surface area contributed by atoms with Gasteiger partial charge in [-0.1, -0.05) is 68.2 Å². The van der Waals surface area contributed by atoms with Crippen molar-refractivity contribution in [3.8, 4) is 0 Å². The predicted molar refractivity (Wildman–Crippen MR) is 85.7 cm³/mol. The van der Waals surface area contributed by atoms with Gasteiger partial charge in [-0.05, 0) is 34.7 Å². The highest BCUT2D eigenvalue weighted by molar-refractivity contribution is 6.33. The molecule has 0 saturated carbocycles. The molecule has 0 amide bonds. The fourth-order valence-corrected chi connectivity index (χ4v) is 2.47. The van der Waals surface area contributed by atoms with Crippen LogP contribution in [0.15, 0.2) is 42.5 Å². The van der Waals surface area contributed by atoms with Gasteiger partial charge < -0.3 is 5.11 Å². The van der Waals surface area contributed by atoms with Crippen LogP contribution in [0.1, 0.15) is 43.6 Å². The highest BCUT2D eigenvalue weighted by Gasteiger charge is 2.17. The summed E-state index contributed by atoms with van der Waals surface area (Å²) in [6, 6.07) is 13.1. The second-order valence-corrected chi connectivity index (χ2v) is 6.78. The fraction of sp³-hybridized carbons (Fsp3) is 0.294. The third-order valence-corrected chi connectivity index (χ3v) is 3.92. The molecular weight excluding hydrogens is 291 g/mol. The summed E-state index contributed by atoms with van der Waals surface area (Å²) in [6.07, 6.45) is -0.768. The van der Waals surface area contributed by atoms with E-state index in [4.69, 9.17) is 23.2 Å². The van der Waals surface area contributed by atoms with Crippen LogP contribution >= 0.6 is 23.2 Å². The van der Waals surface area contributed by atoms with Gasteiger partial charge in [0.2, 0.25) is 0 Å². The van der Waals surface area contributed by atoms with Gasteiger partial charge in [0.1, 0.15) is 6.10 Å². The largest absolute Gasteiger partial charge is 0.384 e. The van der Waals surface area contributed by atoms with Crippen LogP contribution in [0.4, 0.5) is 0 Å². The topological polar surface area (TPSA) is 20.2 Å². The van der Waals surface area contributed by atoms with Gasteiger partial charge in [-0.2, -0.15) is 0 Å². The van der Waals surface area contributed by atoms with Crippen molar-refractivity contribution < 1.29 is 5.11 Å². The van der Waals surface area contributed by atoms with Crippen molar-refractivity contribution in [2.45, 2.75) is 32.3 Å². The summed E-state index contributed by atoms with van der Waals surface area (Å²) < 4.78 is 0. The molecule has 0 saturated heterocycles. The molecule has 2 rings (SSSR count). The average molecular weight is 309 g/mol. The van der Waals surface area contributed by atoms with Gasteiger partial charge in [0.25, 0.3) is 0 Å². The fourth-order valence-electron chi connectivity index (χ4n) is 2.07. The maximum absolute atomic E-state index is 10.4. The molecule has 0 aliphatic heterocycles. The second-order valence-electron chi connectivity index (χ2n) is 5.94. The monoisotopic (exact) mass is 308 g/mol. The van der Waals surface area contributed by atoms with Crippen molar-refractivity contribution in [2.24, 2.45) is 0 Å². The van der Waals surface area contributed by atoms with E-state index in [1.807, 2.05) is 24.3 Å². The molecule has 0 aliphatic carbocycles. The molecule has 0 bridgehead atoms. The van der Waals surface area contributed by atoms with Crippen LogP contribution in [0.5, 0.6) is 0 Å². The maximum atomic E-state index is 10.4. The van der Waals surface area contributed by atoms with Gasteiger partial charge in [-0.15, -0.1) is 0 Å². The number of benzene rings is 2. The Morgan fingerprint density at radius 3 is 2.10 bits per heavy atom. The van der Waals surface area contributed by atoms with Gasteiger partial charge in [0.15, 0.2) is 0 Å². The first-order valence-corrected chi connectivity index (χ1v) is 7.28. The SMILES string of the molecule is CC(C)(C)c1ccc(C(O)c2cc(Cl)ccc2Cl)cc1. The van der Waals surface area contributed by atoms with Gasteiger partial charge in [-0.3, -0.25) is 0 Å². The predicted octanol–water partition coefficient (Wildman–Crippen LogP) is 5.37. The minimum absolute atomic E-state index is 0.0944. The zero-order valence-electron chi connectivity index (χ0n) is 11.8. The van der Waals surface area contributed by atoms with Crippen LogP contribution in [0.2, 0.25) is 10.0 Å². The molecule has 2 aromatic carbocycles. The van der Waals surface area contributed by atoms with E-state index in [0.29, 0.717) is 15.6 Å². The molecule has 1 nitrogen and oxygen atoms in total. The Hall–Kier alpha value is -1.02. The van der Waals surface area contributed by atoms with Crippen LogP contribution in [0, 0.1) is 0 Å².